The molecule has 3 rings (SSSR count). The molecular weight excluding hydrogens is 342 g/mol. The van der Waals surface area contributed by atoms with Crippen molar-refractivity contribution in [3.63, 3.8) is 0 Å². The molecule has 0 bridgehead atoms. The van der Waals surface area contributed by atoms with E-state index in [-0.39, 0.29) is 13.0 Å². The van der Waals surface area contributed by atoms with Gasteiger partial charge in [0, 0.05) is 11.4 Å². The van der Waals surface area contributed by atoms with Gasteiger partial charge in [-0.2, -0.15) is 0 Å². The van der Waals surface area contributed by atoms with Crippen molar-refractivity contribution < 1.29 is 19.1 Å². The number of carbonyl (C=O) groups excluding carboxylic acids is 3. The number of fused-ring (bicyclic) bond motifs is 1. The van der Waals surface area contributed by atoms with Gasteiger partial charge in [0.05, 0.1) is 17.7 Å². The van der Waals surface area contributed by atoms with Gasteiger partial charge in [-0.1, -0.05) is 35.9 Å². The lowest BCUT2D eigenvalue weighted by Crippen LogP contribution is -2.47. The number of halogens is 1. The molecule has 1 aliphatic heterocycles. The highest BCUT2D eigenvalue weighted by Crippen LogP contribution is 2.26. The second-order valence-corrected chi connectivity index (χ2v) is 6.06. The fourth-order valence-corrected chi connectivity index (χ4v) is 2.98. The third-order valence-electron chi connectivity index (χ3n) is 4.04. The highest BCUT2D eigenvalue weighted by Gasteiger charge is 2.43. The molecule has 0 spiro atoms. The first kappa shape index (κ1) is 17.2. The fraction of sp³-hybridized carbons (Fsp3) is 0.211. The van der Waals surface area contributed by atoms with Gasteiger partial charge in [-0.3, -0.25) is 14.5 Å². The van der Waals surface area contributed by atoms with Crippen molar-refractivity contribution >= 4 is 29.4 Å². The molecule has 0 saturated heterocycles. The molecule has 0 saturated carbocycles. The summed E-state index contributed by atoms with van der Waals surface area (Å²) in [6.45, 7) is 1.85. The Bertz CT molecular complexity index is 797. The first-order chi connectivity index (χ1) is 12.0. The number of rotatable bonds is 5. The number of esters is 1. The molecule has 0 aliphatic carbocycles. The van der Waals surface area contributed by atoms with Crippen LogP contribution in [0.25, 0.3) is 0 Å². The van der Waals surface area contributed by atoms with Crippen LogP contribution < -0.4 is 0 Å². The summed E-state index contributed by atoms with van der Waals surface area (Å²) in [5.74, 6) is -1.56. The van der Waals surface area contributed by atoms with Crippen molar-refractivity contribution in [2.24, 2.45) is 0 Å². The van der Waals surface area contributed by atoms with E-state index in [9.17, 15) is 14.4 Å². The van der Waals surface area contributed by atoms with E-state index >= 15 is 0 Å². The Kier molecular flexibility index (Phi) is 4.86. The van der Waals surface area contributed by atoms with Gasteiger partial charge in [-0.15, -0.1) is 0 Å². The highest BCUT2D eigenvalue weighted by molar-refractivity contribution is 6.30. The molecule has 1 unspecified atom stereocenters. The number of hydrogen-bond acceptors (Lipinski definition) is 4. The van der Waals surface area contributed by atoms with Crippen molar-refractivity contribution in [2.45, 2.75) is 19.4 Å². The van der Waals surface area contributed by atoms with Crippen LogP contribution in [0.15, 0.2) is 48.5 Å². The van der Waals surface area contributed by atoms with E-state index in [4.69, 9.17) is 16.3 Å². The Balaban J connectivity index is 1.95. The van der Waals surface area contributed by atoms with Crippen LogP contribution >= 0.6 is 11.6 Å². The zero-order valence-corrected chi connectivity index (χ0v) is 14.3. The molecule has 0 N–H and O–H groups in total. The Labute approximate surface area is 150 Å². The molecule has 2 aromatic rings. The van der Waals surface area contributed by atoms with Gasteiger partial charge in [0.15, 0.2) is 0 Å². The highest BCUT2D eigenvalue weighted by atomic mass is 35.5. The minimum Gasteiger partial charge on any atom is -0.464 e. The minimum atomic E-state index is -1.02. The van der Waals surface area contributed by atoms with Crippen LogP contribution in [0, 0.1) is 0 Å². The van der Waals surface area contributed by atoms with Gasteiger partial charge in [0.1, 0.15) is 6.04 Å². The minimum absolute atomic E-state index is 0.166. The average molecular weight is 358 g/mol. The number of carbonyl (C=O) groups is 3. The summed E-state index contributed by atoms with van der Waals surface area (Å²) in [5.41, 5.74) is 1.38. The summed E-state index contributed by atoms with van der Waals surface area (Å²) in [7, 11) is 0. The second-order valence-electron chi connectivity index (χ2n) is 5.62. The molecule has 1 aliphatic rings. The Hall–Kier alpha value is -2.66. The van der Waals surface area contributed by atoms with E-state index in [1.807, 2.05) is 0 Å². The van der Waals surface area contributed by atoms with E-state index in [1.165, 1.54) is 0 Å². The van der Waals surface area contributed by atoms with Crippen LogP contribution in [0.4, 0.5) is 0 Å². The number of nitrogens with zero attached hydrogens (tertiary/aromatic N) is 1. The smallest absolute Gasteiger partial charge is 0.329 e. The van der Waals surface area contributed by atoms with Gasteiger partial charge >= 0.3 is 5.97 Å². The maximum Gasteiger partial charge on any atom is 0.329 e. The lowest BCUT2D eigenvalue weighted by Gasteiger charge is -2.24. The van der Waals surface area contributed by atoms with E-state index < -0.39 is 23.8 Å². The van der Waals surface area contributed by atoms with Crippen LogP contribution in [0.5, 0.6) is 0 Å². The number of benzene rings is 2. The van der Waals surface area contributed by atoms with Gasteiger partial charge in [0.2, 0.25) is 0 Å². The third-order valence-corrected chi connectivity index (χ3v) is 4.29. The molecule has 25 heavy (non-hydrogen) atoms. The number of imide groups is 1. The topological polar surface area (TPSA) is 63.7 Å². The molecule has 0 radical (unpaired) electrons. The maximum atomic E-state index is 12.7. The fourth-order valence-electron chi connectivity index (χ4n) is 2.85. The van der Waals surface area contributed by atoms with Gasteiger partial charge < -0.3 is 4.74 Å². The summed E-state index contributed by atoms with van der Waals surface area (Å²) in [4.78, 5) is 38.8. The molecule has 5 nitrogen and oxygen atoms in total. The van der Waals surface area contributed by atoms with E-state index in [2.05, 4.69) is 0 Å². The summed E-state index contributed by atoms with van der Waals surface area (Å²) in [6.07, 6.45) is 0.168. The van der Waals surface area contributed by atoms with E-state index in [0.717, 1.165) is 10.5 Å². The molecule has 0 aromatic heterocycles. The molecule has 1 atom stereocenters. The summed E-state index contributed by atoms with van der Waals surface area (Å²) < 4.78 is 5.10. The van der Waals surface area contributed by atoms with Crippen molar-refractivity contribution in [3.8, 4) is 0 Å². The van der Waals surface area contributed by atoms with Gasteiger partial charge in [-0.05, 0) is 36.8 Å². The standard InChI is InChI=1S/C19H16ClNO4/c1-2-25-19(24)16(11-12-7-9-13(20)10-8-12)21-17(22)14-5-3-4-6-15(14)18(21)23/h3-10,16H,2,11H2,1H3. The molecule has 128 valence electrons. The normalized spacial score (nSPS) is 14.4. The molecule has 2 amide bonds. The Morgan fingerprint density at radius 2 is 1.60 bits per heavy atom. The predicted molar refractivity (Wildman–Crippen MR) is 92.5 cm³/mol. The van der Waals surface area contributed by atoms with Crippen LogP contribution in [0.3, 0.4) is 0 Å². The zero-order chi connectivity index (χ0) is 18.0. The van der Waals surface area contributed by atoms with Gasteiger partial charge in [0.25, 0.3) is 11.8 Å². The van der Waals surface area contributed by atoms with Crippen molar-refractivity contribution in [1.82, 2.24) is 4.90 Å². The van der Waals surface area contributed by atoms with Crippen LogP contribution in [0.2, 0.25) is 5.02 Å². The Morgan fingerprint density at radius 1 is 1.04 bits per heavy atom. The van der Waals surface area contributed by atoms with Crippen molar-refractivity contribution in [2.75, 3.05) is 6.61 Å². The summed E-state index contributed by atoms with van der Waals surface area (Å²) in [5, 5.41) is 0.567. The Morgan fingerprint density at radius 3 is 2.12 bits per heavy atom. The molecule has 6 heteroatoms. The molecular formula is C19H16ClNO4. The van der Waals surface area contributed by atoms with E-state index in [1.54, 1.807) is 55.5 Å². The lowest BCUT2D eigenvalue weighted by atomic mass is 10.0. The number of ether oxygens (including phenoxy) is 1. The molecule has 2 aromatic carbocycles. The summed E-state index contributed by atoms with van der Waals surface area (Å²) in [6, 6.07) is 12.4. The first-order valence-corrected chi connectivity index (χ1v) is 8.28. The van der Waals surface area contributed by atoms with Crippen molar-refractivity contribution in [3.05, 3.63) is 70.2 Å². The van der Waals surface area contributed by atoms with Gasteiger partial charge in [-0.25, -0.2) is 4.79 Å². The van der Waals surface area contributed by atoms with Crippen molar-refractivity contribution in [1.29, 1.82) is 0 Å². The summed E-state index contributed by atoms with van der Waals surface area (Å²) >= 11 is 5.88. The van der Waals surface area contributed by atoms with Crippen LogP contribution in [-0.4, -0.2) is 35.3 Å². The molecule has 0 fully saturated rings. The third kappa shape index (κ3) is 3.28. The SMILES string of the molecule is CCOC(=O)C(Cc1ccc(Cl)cc1)N1C(=O)c2ccccc2C1=O. The maximum absolute atomic E-state index is 12.7. The van der Waals surface area contributed by atoms with Crippen LogP contribution in [0.1, 0.15) is 33.2 Å². The monoisotopic (exact) mass is 357 g/mol. The predicted octanol–water partition coefficient (Wildman–Crippen LogP) is 3.11. The lowest BCUT2D eigenvalue weighted by molar-refractivity contribution is -0.147. The zero-order valence-electron chi connectivity index (χ0n) is 13.6. The second kappa shape index (κ2) is 7.07. The van der Waals surface area contributed by atoms with Crippen LogP contribution in [-0.2, 0) is 16.0 Å². The number of amides is 2. The average Bonchev–Trinajstić information content (AvgIpc) is 2.86. The first-order valence-electron chi connectivity index (χ1n) is 7.91. The number of hydrogen-bond donors (Lipinski definition) is 0. The largest absolute Gasteiger partial charge is 0.464 e. The van der Waals surface area contributed by atoms with E-state index in [0.29, 0.717) is 16.1 Å². The quantitative estimate of drug-likeness (QED) is 0.609. The molecule has 1 heterocycles.